The first-order valence-electron chi connectivity index (χ1n) is 9.07. The molecule has 2 N–H and O–H groups in total. The summed E-state index contributed by atoms with van der Waals surface area (Å²) in [5.41, 5.74) is 2.43. The van der Waals surface area contributed by atoms with Gasteiger partial charge in [0.25, 0.3) is 0 Å². The van der Waals surface area contributed by atoms with Gasteiger partial charge in [-0.2, -0.15) is 11.3 Å². The van der Waals surface area contributed by atoms with Crippen molar-refractivity contribution in [3.63, 3.8) is 0 Å². The number of esters is 1. The average Bonchev–Trinajstić information content (AvgIpc) is 3.29. The van der Waals surface area contributed by atoms with Crippen molar-refractivity contribution in [3.05, 3.63) is 46.4 Å². The van der Waals surface area contributed by atoms with Crippen LogP contribution in [0.25, 0.3) is 11.0 Å². The molecular formula is C19H23N3O4S2. The van der Waals surface area contributed by atoms with Gasteiger partial charge >= 0.3 is 5.97 Å². The van der Waals surface area contributed by atoms with Crippen LogP contribution in [0, 0.1) is 0 Å². The van der Waals surface area contributed by atoms with Crippen molar-refractivity contribution in [2.24, 2.45) is 5.14 Å². The Labute approximate surface area is 168 Å². The number of primary sulfonamides is 1. The number of unbranched alkanes of at least 4 members (excludes halogenated alkanes) is 1. The summed E-state index contributed by atoms with van der Waals surface area (Å²) in [7, 11) is -3.80. The number of imidazole rings is 1. The smallest absolute Gasteiger partial charge is 0.306 e. The fourth-order valence-electron chi connectivity index (χ4n) is 2.91. The van der Waals surface area contributed by atoms with Crippen LogP contribution in [0.4, 0.5) is 0 Å². The highest BCUT2D eigenvalue weighted by atomic mass is 32.2. The zero-order chi connectivity index (χ0) is 20.1. The number of hydrogen-bond donors (Lipinski definition) is 1. The van der Waals surface area contributed by atoms with E-state index in [0.29, 0.717) is 30.7 Å². The molecule has 7 nitrogen and oxygen atoms in total. The zero-order valence-electron chi connectivity index (χ0n) is 15.6. The number of benzene rings is 1. The van der Waals surface area contributed by atoms with Crippen LogP contribution in [0.5, 0.6) is 0 Å². The molecule has 0 saturated carbocycles. The van der Waals surface area contributed by atoms with Crippen molar-refractivity contribution in [2.75, 3.05) is 0 Å². The fraction of sp³-hybridized carbons (Fsp3) is 0.368. The number of aromatic nitrogens is 2. The molecule has 1 aromatic carbocycles. The Morgan fingerprint density at radius 3 is 2.82 bits per heavy atom. The maximum atomic E-state index is 12.1. The second kappa shape index (κ2) is 8.85. The van der Waals surface area contributed by atoms with E-state index in [1.165, 1.54) is 12.1 Å². The molecule has 28 heavy (non-hydrogen) atoms. The van der Waals surface area contributed by atoms with Crippen molar-refractivity contribution in [3.8, 4) is 0 Å². The minimum atomic E-state index is -3.80. The number of ether oxygens (including phenoxy) is 1. The van der Waals surface area contributed by atoms with Crippen molar-refractivity contribution < 1.29 is 17.9 Å². The molecule has 3 rings (SSSR count). The van der Waals surface area contributed by atoms with Crippen LogP contribution in [0.3, 0.4) is 0 Å². The lowest BCUT2D eigenvalue weighted by molar-refractivity contribution is -0.145. The summed E-state index contributed by atoms with van der Waals surface area (Å²) >= 11 is 1.60. The Balaban J connectivity index is 1.77. The molecule has 0 fully saturated rings. The molecule has 150 valence electrons. The molecule has 0 aliphatic heterocycles. The van der Waals surface area contributed by atoms with E-state index in [2.05, 4.69) is 11.9 Å². The van der Waals surface area contributed by atoms with Crippen LogP contribution in [0.2, 0.25) is 0 Å². The van der Waals surface area contributed by atoms with E-state index in [0.717, 1.165) is 23.9 Å². The molecule has 0 radical (unpaired) electrons. The summed E-state index contributed by atoms with van der Waals surface area (Å²) in [4.78, 5) is 16.6. The predicted molar refractivity (Wildman–Crippen MR) is 108 cm³/mol. The number of rotatable bonds is 9. The molecule has 2 heterocycles. The topological polar surface area (TPSA) is 104 Å². The molecule has 0 bridgehead atoms. The third-order valence-corrected chi connectivity index (χ3v) is 6.07. The number of carbonyl (C=O) groups excluding carboxylic acids is 1. The molecule has 0 atom stereocenters. The van der Waals surface area contributed by atoms with Gasteiger partial charge in [-0.15, -0.1) is 0 Å². The molecule has 2 aromatic heterocycles. The standard InChI is InChI=1S/C19H23N3O4S2/c1-2-3-9-22-17-6-5-15(28(20,24)25)11-16(17)21-18(22)12-26-19(23)7-4-14-8-10-27-13-14/h5-6,8,10-11,13H,2-4,7,9,12H2,1H3,(H2,20,24,25). The molecule has 3 aromatic rings. The quantitative estimate of drug-likeness (QED) is 0.534. The normalized spacial score (nSPS) is 11.8. The number of aryl methyl sites for hydroxylation is 2. The molecule has 0 saturated heterocycles. The van der Waals surface area contributed by atoms with Crippen LogP contribution in [-0.2, 0) is 39.1 Å². The summed E-state index contributed by atoms with van der Waals surface area (Å²) in [6.45, 7) is 2.84. The highest BCUT2D eigenvalue weighted by molar-refractivity contribution is 7.89. The first-order valence-corrected chi connectivity index (χ1v) is 11.6. The van der Waals surface area contributed by atoms with Gasteiger partial charge in [0, 0.05) is 13.0 Å². The van der Waals surface area contributed by atoms with E-state index in [1.54, 1.807) is 17.4 Å². The van der Waals surface area contributed by atoms with E-state index in [9.17, 15) is 13.2 Å². The van der Waals surface area contributed by atoms with Gasteiger partial charge in [-0.1, -0.05) is 13.3 Å². The van der Waals surface area contributed by atoms with Crippen molar-refractivity contribution in [2.45, 2.75) is 50.7 Å². The second-order valence-electron chi connectivity index (χ2n) is 6.52. The Kier molecular flexibility index (Phi) is 6.48. The van der Waals surface area contributed by atoms with Crippen molar-refractivity contribution in [1.82, 2.24) is 9.55 Å². The molecular weight excluding hydrogens is 398 g/mol. The van der Waals surface area contributed by atoms with Gasteiger partial charge in [-0.05, 0) is 53.4 Å². The maximum absolute atomic E-state index is 12.1. The molecule has 0 unspecified atom stereocenters. The highest BCUT2D eigenvalue weighted by Gasteiger charge is 2.16. The van der Waals surface area contributed by atoms with Crippen LogP contribution in [-0.4, -0.2) is 23.9 Å². The van der Waals surface area contributed by atoms with Crippen LogP contribution < -0.4 is 5.14 Å². The van der Waals surface area contributed by atoms with Gasteiger partial charge in [-0.25, -0.2) is 18.5 Å². The summed E-state index contributed by atoms with van der Waals surface area (Å²) in [6, 6.07) is 6.61. The predicted octanol–water partition coefficient (Wildman–Crippen LogP) is 3.22. The number of nitrogens with zero attached hydrogens (tertiary/aromatic N) is 2. The molecule has 0 amide bonds. The number of fused-ring (bicyclic) bond motifs is 1. The first-order chi connectivity index (χ1) is 13.4. The first kappa shape index (κ1) is 20.5. The van der Waals surface area contributed by atoms with Gasteiger partial charge < -0.3 is 9.30 Å². The minimum absolute atomic E-state index is 0.0134. The van der Waals surface area contributed by atoms with Crippen LogP contribution >= 0.6 is 11.3 Å². The monoisotopic (exact) mass is 421 g/mol. The second-order valence-corrected chi connectivity index (χ2v) is 8.86. The number of thiophene rings is 1. The average molecular weight is 422 g/mol. The largest absolute Gasteiger partial charge is 0.457 e. The van der Waals surface area contributed by atoms with E-state index in [4.69, 9.17) is 9.88 Å². The SMILES string of the molecule is CCCCn1c(COC(=O)CCc2ccsc2)nc2cc(S(N)(=O)=O)ccc21. The fourth-order valence-corrected chi connectivity index (χ4v) is 4.15. The van der Waals surface area contributed by atoms with E-state index in [-0.39, 0.29) is 17.5 Å². The number of sulfonamides is 1. The number of nitrogens with two attached hydrogens (primary N) is 1. The number of carbonyl (C=O) groups is 1. The Morgan fingerprint density at radius 2 is 2.14 bits per heavy atom. The molecule has 9 heteroatoms. The molecule has 0 spiro atoms. The van der Waals surface area contributed by atoms with Gasteiger partial charge in [0.1, 0.15) is 12.4 Å². The molecule has 0 aliphatic carbocycles. The highest BCUT2D eigenvalue weighted by Crippen LogP contribution is 2.21. The van der Waals surface area contributed by atoms with Gasteiger partial charge in [0.15, 0.2) is 0 Å². The summed E-state index contributed by atoms with van der Waals surface area (Å²) in [6.07, 6.45) is 2.88. The van der Waals surface area contributed by atoms with Crippen molar-refractivity contribution >= 4 is 38.4 Å². The Morgan fingerprint density at radius 1 is 1.32 bits per heavy atom. The lowest BCUT2D eigenvalue weighted by Crippen LogP contribution is -2.12. The third kappa shape index (κ3) is 4.98. The van der Waals surface area contributed by atoms with E-state index in [1.807, 2.05) is 21.4 Å². The maximum Gasteiger partial charge on any atom is 0.306 e. The minimum Gasteiger partial charge on any atom is -0.457 e. The number of hydrogen-bond acceptors (Lipinski definition) is 6. The zero-order valence-corrected chi connectivity index (χ0v) is 17.3. The lowest BCUT2D eigenvalue weighted by Gasteiger charge is -2.09. The summed E-state index contributed by atoms with van der Waals surface area (Å²) < 4.78 is 30.6. The lowest BCUT2D eigenvalue weighted by atomic mass is 10.2. The van der Waals surface area contributed by atoms with Crippen LogP contribution in [0.15, 0.2) is 39.9 Å². The van der Waals surface area contributed by atoms with Gasteiger partial charge in [0.05, 0.1) is 15.9 Å². The Hall–Kier alpha value is -2.23. The van der Waals surface area contributed by atoms with Gasteiger partial charge in [0.2, 0.25) is 10.0 Å². The van der Waals surface area contributed by atoms with Crippen LogP contribution in [0.1, 0.15) is 37.6 Å². The van der Waals surface area contributed by atoms with Gasteiger partial charge in [-0.3, -0.25) is 4.79 Å². The third-order valence-electron chi connectivity index (χ3n) is 4.42. The molecule has 0 aliphatic rings. The van der Waals surface area contributed by atoms with Crippen molar-refractivity contribution in [1.29, 1.82) is 0 Å². The van der Waals surface area contributed by atoms with E-state index >= 15 is 0 Å². The van der Waals surface area contributed by atoms with E-state index < -0.39 is 10.0 Å². The Bertz CT molecular complexity index is 1060. The summed E-state index contributed by atoms with van der Waals surface area (Å²) in [5.74, 6) is 0.310. The summed E-state index contributed by atoms with van der Waals surface area (Å²) in [5, 5.41) is 9.21.